The van der Waals surface area contributed by atoms with Gasteiger partial charge >= 0.3 is 0 Å². The summed E-state index contributed by atoms with van der Waals surface area (Å²) in [6, 6.07) is 4.95. The maximum absolute atomic E-state index is 13.6. The SMILES string of the molecule is Cc1ccc(Nc2ncnc(Cl)c2C)c(F)c1. The second kappa shape index (κ2) is 4.67. The average Bonchev–Trinajstić information content (AvgIpc) is 2.28. The molecule has 0 aliphatic carbocycles. The van der Waals surface area contributed by atoms with E-state index in [1.807, 2.05) is 13.0 Å². The van der Waals surface area contributed by atoms with Gasteiger partial charge in [-0.3, -0.25) is 0 Å². The molecule has 2 rings (SSSR count). The van der Waals surface area contributed by atoms with Crippen LogP contribution in [0.4, 0.5) is 15.9 Å². The number of anilines is 2. The maximum Gasteiger partial charge on any atom is 0.146 e. The van der Waals surface area contributed by atoms with E-state index in [-0.39, 0.29) is 5.82 Å². The van der Waals surface area contributed by atoms with Crippen LogP contribution >= 0.6 is 11.6 Å². The van der Waals surface area contributed by atoms with E-state index in [9.17, 15) is 4.39 Å². The van der Waals surface area contributed by atoms with Crippen LogP contribution in [-0.2, 0) is 0 Å². The second-order valence-electron chi connectivity index (χ2n) is 3.75. The predicted octanol–water partition coefficient (Wildman–Crippen LogP) is 3.63. The molecule has 3 nitrogen and oxygen atoms in total. The van der Waals surface area contributed by atoms with Crippen molar-refractivity contribution < 1.29 is 4.39 Å². The molecule has 0 unspecified atom stereocenters. The number of aromatic nitrogens is 2. The lowest BCUT2D eigenvalue weighted by atomic mass is 10.2. The van der Waals surface area contributed by atoms with E-state index in [0.29, 0.717) is 22.2 Å². The summed E-state index contributed by atoms with van der Waals surface area (Å²) in [5.74, 6) is 0.187. The number of aryl methyl sites for hydroxylation is 1. The zero-order valence-electron chi connectivity index (χ0n) is 9.46. The van der Waals surface area contributed by atoms with Crippen LogP contribution in [0, 0.1) is 19.7 Å². The van der Waals surface area contributed by atoms with Crippen molar-refractivity contribution in [2.24, 2.45) is 0 Å². The van der Waals surface area contributed by atoms with Crippen molar-refractivity contribution >= 4 is 23.1 Å². The zero-order chi connectivity index (χ0) is 12.4. The first kappa shape index (κ1) is 11.8. The van der Waals surface area contributed by atoms with Gasteiger partial charge in [-0.15, -0.1) is 0 Å². The van der Waals surface area contributed by atoms with E-state index >= 15 is 0 Å². The van der Waals surface area contributed by atoms with Gasteiger partial charge in [0, 0.05) is 5.56 Å². The Morgan fingerprint density at radius 1 is 1.24 bits per heavy atom. The van der Waals surface area contributed by atoms with Crippen molar-refractivity contribution in [2.45, 2.75) is 13.8 Å². The van der Waals surface area contributed by atoms with E-state index in [4.69, 9.17) is 11.6 Å². The summed E-state index contributed by atoms with van der Waals surface area (Å²) in [4.78, 5) is 7.86. The van der Waals surface area contributed by atoms with Gasteiger partial charge < -0.3 is 5.32 Å². The van der Waals surface area contributed by atoms with E-state index in [1.165, 1.54) is 12.4 Å². The van der Waals surface area contributed by atoms with Gasteiger partial charge in [0.15, 0.2) is 0 Å². The summed E-state index contributed by atoms with van der Waals surface area (Å²) in [7, 11) is 0. The normalized spacial score (nSPS) is 10.4. The van der Waals surface area contributed by atoms with E-state index in [2.05, 4.69) is 15.3 Å². The Hall–Kier alpha value is -1.68. The molecule has 1 heterocycles. The predicted molar refractivity (Wildman–Crippen MR) is 66.2 cm³/mol. The fourth-order valence-electron chi connectivity index (χ4n) is 1.40. The van der Waals surface area contributed by atoms with Gasteiger partial charge in [0.2, 0.25) is 0 Å². The van der Waals surface area contributed by atoms with Crippen molar-refractivity contribution in [3.05, 3.63) is 46.6 Å². The lowest BCUT2D eigenvalue weighted by Gasteiger charge is -2.09. The molecule has 0 saturated heterocycles. The van der Waals surface area contributed by atoms with Gasteiger partial charge in [0.25, 0.3) is 0 Å². The Morgan fingerprint density at radius 2 is 2.00 bits per heavy atom. The number of benzene rings is 1. The van der Waals surface area contributed by atoms with Gasteiger partial charge in [-0.05, 0) is 31.5 Å². The lowest BCUT2D eigenvalue weighted by Crippen LogP contribution is -2.00. The van der Waals surface area contributed by atoms with Gasteiger partial charge in [-0.25, -0.2) is 14.4 Å². The molecule has 5 heteroatoms. The third-order valence-electron chi connectivity index (χ3n) is 2.40. The third kappa shape index (κ3) is 2.53. The maximum atomic E-state index is 13.6. The Morgan fingerprint density at radius 3 is 2.71 bits per heavy atom. The van der Waals surface area contributed by atoms with E-state index in [0.717, 1.165) is 5.56 Å². The second-order valence-corrected chi connectivity index (χ2v) is 4.10. The molecule has 1 N–H and O–H groups in total. The van der Waals surface area contributed by atoms with Gasteiger partial charge in [-0.1, -0.05) is 17.7 Å². The van der Waals surface area contributed by atoms with Crippen molar-refractivity contribution in [1.82, 2.24) is 9.97 Å². The Kier molecular flexibility index (Phi) is 3.24. The Balaban J connectivity index is 2.35. The minimum atomic E-state index is -0.320. The lowest BCUT2D eigenvalue weighted by molar-refractivity contribution is 0.630. The zero-order valence-corrected chi connectivity index (χ0v) is 10.2. The molecule has 0 amide bonds. The molecule has 0 fully saturated rings. The summed E-state index contributed by atoms with van der Waals surface area (Å²) < 4.78 is 13.6. The summed E-state index contributed by atoms with van der Waals surface area (Å²) in [6.45, 7) is 3.61. The number of nitrogens with zero attached hydrogens (tertiary/aromatic N) is 2. The Bertz CT molecular complexity index is 557. The molecular formula is C12H11ClFN3. The Labute approximate surface area is 104 Å². The molecule has 0 bridgehead atoms. The van der Waals surface area contributed by atoms with Crippen molar-refractivity contribution in [1.29, 1.82) is 0 Å². The van der Waals surface area contributed by atoms with Crippen LogP contribution in [0.3, 0.4) is 0 Å². The highest BCUT2D eigenvalue weighted by Crippen LogP contribution is 2.24. The summed E-state index contributed by atoms with van der Waals surface area (Å²) in [5.41, 5.74) is 1.92. The standard InChI is InChI=1S/C12H11ClFN3/c1-7-3-4-10(9(14)5-7)17-12-8(2)11(13)15-6-16-12/h3-6H,1-2H3,(H,15,16,17). The van der Waals surface area contributed by atoms with Crippen LogP contribution in [0.25, 0.3) is 0 Å². The fraction of sp³-hybridized carbons (Fsp3) is 0.167. The van der Waals surface area contributed by atoms with Crippen molar-refractivity contribution in [3.8, 4) is 0 Å². The highest BCUT2D eigenvalue weighted by molar-refractivity contribution is 6.30. The molecular weight excluding hydrogens is 241 g/mol. The molecule has 17 heavy (non-hydrogen) atoms. The van der Waals surface area contributed by atoms with Gasteiger partial charge in [-0.2, -0.15) is 0 Å². The summed E-state index contributed by atoms with van der Waals surface area (Å²) in [6.07, 6.45) is 1.34. The summed E-state index contributed by atoms with van der Waals surface area (Å²) >= 11 is 5.86. The largest absolute Gasteiger partial charge is 0.337 e. The third-order valence-corrected chi connectivity index (χ3v) is 2.78. The monoisotopic (exact) mass is 251 g/mol. The van der Waals surface area contributed by atoms with Crippen LogP contribution in [0.5, 0.6) is 0 Å². The van der Waals surface area contributed by atoms with Crippen LogP contribution in [0.1, 0.15) is 11.1 Å². The van der Waals surface area contributed by atoms with Gasteiger partial charge in [0.1, 0.15) is 23.1 Å². The molecule has 2 aromatic rings. The molecule has 0 atom stereocenters. The van der Waals surface area contributed by atoms with Crippen LogP contribution < -0.4 is 5.32 Å². The minimum Gasteiger partial charge on any atom is -0.337 e. The number of rotatable bonds is 2. The first-order valence-electron chi connectivity index (χ1n) is 5.08. The highest BCUT2D eigenvalue weighted by Gasteiger charge is 2.08. The average molecular weight is 252 g/mol. The van der Waals surface area contributed by atoms with Crippen LogP contribution in [0.2, 0.25) is 5.15 Å². The first-order valence-corrected chi connectivity index (χ1v) is 5.46. The minimum absolute atomic E-state index is 0.320. The molecule has 0 saturated carbocycles. The molecule has 0 aliphatic heterocycles. The van der Waals surface area contributed by atoms with Gasteiger partial charge in [0.05, 0.1) is 5.69 Å². The molecule has 0 aliphatic rings. The number of hydrogen-bond donors (Lipinski definition) is 1. The van der Waals surface area contributed by atoms with E-state index in [1.54, 1.807) is 13.0 Å². The van der Waals surface area contributed by atoms with Crippen LogP contribution in [-0.4, -0.2) is 9.97 Å². The smallest absolute Gasteiger partial charge is 0.146 e. The summed E-state index contributed by atoms with van der Waals surface area (Å²) in [5, 5.41) is 3.25. The highest BCUT2D eigenvalue weighted by atomic mass is 35.5. The van der Waals surface area contributed by atoms with Crippen molar-refractivity contribution in [3.63, 3.8) is 0 Å². The topological polar surface area (TPSA) is 37.8 Å². The van der Waals surface area contributed by atoms with E-state index < -0.39 is 0 Å². The first-order chi connectivity index (χ1) is 8.08. The molecule has 1 aromatic heterocycles. The number of halogens is 2. The van der Waals surface area contributed by atoms with Crippen molar-refractivity contribution in [2.75, 3.05) is 5.32 Å². The van der Waals surface area contributed by atoms with Crippen LogP contribution in [0.15, 0.2) is 24.5 Å². The molecule has 0 spiro atoms. The number of hydrogen-bond acceptors (Lipinski definition) is 3. The molecule has 88 valence electrons. The fourth-order valence-corrected chi connectivity index (χ4v) is 1.54. The quantitative estimate of drug-likeness (QED) is 0.829. The number of nitrogens with one attached hydrogen (secondary N) is 1. The molecule has 0 radical (unpaired) electrons. The molecule has 1 aromatic carbocycles.